The SMILES string of the molecule is CC(C)n1cc(NS(=O)(=O)c2cc(CO)n(C)c2)cn1. The van der Waals surface area contributed by atoms with Crippen LogP contribution in [0.5, 0.6) is 0 Å². The standard InChI is InChI=1S/C12H18N4O3S/c1-9(2)16-6-10(5-13-16)14-20(18,19)12-4-11(8-17)15(3)7-12/h4-7,9,14,17H,8H2,1-3H3. The minimum Gasteiger partial charge on any atom is -0.390 e. The molecule has 7 nitrogen and oxygen atoms in total. The van der Waals surface area contributed by atoms with Gasteiger partial charge in [-0.05, 0) is 19.9 Å². The highest BCUT2D eigenvalue weighted by molar-refractivity contribution is 7.92. The van der Waals surface area contributed by atoms with Gasteiger partial charge in [-0.3, -0.25) is 9.40 Å². The van der Waals surface area contributed by atoms with Crippen LogP contribution in [-0.4, -0.2) is 27.9 Å². The Labute approximate surface area is 117 Å². The Hall–Kier alpha value is -1.80. The zero-order valence-corrected chi connectivity index (χ0v) is 12.4. The van der Waals surface area contributed by atoms with Crippen LogP contribution >= 0.6 is 0 Å². The van der Waals surface area contributed by atoms with Gasteiger partial charge in [0.1, 0.15) is 4.90 Å². The molecule has 0 unspecified atom stereocenters. The number of nitrogens with one attached hydrogen (secondary N) is 1. The average Bonchev–Trinajstić information content (AvgIpc) is 2.95. The van der Waals surface area contributed by atoms with Gasteiger partial charge in [0.05, 0.1) is 18.5 Å². The predicted octanol–water partition coefficient (Wildman–Crippen LogP) is 1.10. The van der Waals surface area contributed by atoms with Crippen molar-refractivity contribution in [3.8, 4) is 0 Å². The maximum absolute atomic E-state index is 12.2. The van der Waals surface area contributed by atoms with Crippen molar-refractivity contribution < 1.29 is 13.5 Å². The fourth-order valence-electron chi connectivity index (χ4n) is 1.77. The van der Waals surface area contributed by atoms with E-state index in [0.29, 0.717) is 11.4 Å². The van der Waals surface area contributed by atoms with Crippen molar-refractivity contribution >= 4 is 15.7 Å². The molecule has 0 radical (unpaired) electrons. The van der Waals surface area contributed by atoms with Gasteiger partial charge in [-0.2, -0.15) is 5.10 Å². The normalized spacial score (nSPS) is 12.1. The second kappa shape index (κ2) is 5.29. The highest BCUT2D eigenvalue weighted by Crippen LogP contribution is 2.18. The molecule has 0 spiro atoms. The monoisotopic (exact) mass is 298 g/mol. The summed E-state index contributed by atoms with van der Waals surface area (Å²) < 4.78 is 30.2. The van der Waals surface area contributed by atoms with E-state index in [0.717, 1.165) is 0 Å². The summed E-state index contributed by atoms with van der Waals surface area (Å²) in [7, 11) is -1.99. The summed E-state index contributed by atoms with van der Waals surface area (Å²) in [5.74, 6) is 0. The quantitative estimate of drug-likeness (QED) is 0.865. The van der Waals surface area contributed by atoms with E-state index in [1.807, 2.05) is 13.8 Å². The van der Waals surface area contributed by atoms with E-state index in [9.17, 15) is 8.42 Å². The largest absolute Gasteiger partial charge is 0.390 e. The predicted molar refractivity (Wildman–Crippen MR) is 74.8 cm³/mol. The summed E-state index contributed by atoms with van der Waals surface area (Å²) in [6.45, 7) is 3.70. The molecule has 0 aliphatic carbocycles. The van der Waals surface area contributed by atoms with E-state index in [1.54, 1.807) is 22.5 Å². The molecule has 0 saturated heterocycles. The van der Waals surface area contributed by atoms with Crippen molar-refractivity contribution in [2.24, 2.45) is 7.05 Å². The van der Waals surface area contributed by atoms with Gasteiger partial charge >= 0.3 is 0 Å². The van der Waals surface area contributed by atoms with Gasteiger partial charge in [0.2, 0.25) is 0 Å². The first-order valence-corrected chi connectivity index (χ1v) is 7.65. The maximum atomic E-state index is 12.2. The fraction of sp³-hybridized carbons (Fsp3) is 0.417. The van der Waals surface area contributed by atoms with Crippen molar-refractivity contribution in [1.29, 1.82) is 0 Å². The first-order chi connectivity index (χ1) is 9.33. The smallest absolute Gasteiger partial charge is 0.263 e. The number of hydrogen-bond donors (Lipinski definition) is 2. The number of aliphatic hydroxyl groups is 1. The zero-order chi connectivity index (χ0) is 14.9. The lowest BCUT2D eigenvalue weighted by Gasteiger charge is -2.04. The van der Waals surface area contributed by atoms with Crippen LogP contribution in [0.4, 0.5) is 5.69 Å². The molecule has 0 saturated carbocycles. The first-order valence-electron chi connectivity index (χ1n) is 6.16. The molecule has 2 heterocycles. The number of sulfonamides is 1. The molecule has 0 bridgehead atoms. The lowest BCUT2D eigenvalue weighted by atomic mass is 10.4. The van der Waals surface area contributed by atoms with E-state index in [-0.39, 0.29) is 17.5 Å². The molecule has 0 aromatic carbocycles. The lowest BCUT2D eigenvalue weighted by molar-refractivity contribution is 0.272. The Morgan fingerprint density at radius 3 is 2.60 bits per heavy atom. The van der Waals surface area contributed by atoms with Gasteiger partial charge in [0, 0.05) is 31.2 Å². The minimum absolute atomic E-state index is 0.112. The van der Waals surface area contributed by atoms with Crippen LogP contribution < -0.4 is 4.72 Å². The van der Waals surface area contributed by atoms with Crippen LogP contribution in [-0.2, 0) is 23.7 Å². The van der Waals surface area contributed by atoms with Gasteiger partial charge in [0.25, 0.3) is 10.0 Å². The van der Waals surface area contributed by atoms with Gasteiger partial charge < -0.3 is 9.67 Å². The summed E-state index contributed by atoms with van der Waals surface area (Å²) in [5.41, 5.74) is 0.941. The lowest BCUT2D eigenvalue weighted by Crippen LogP contribution is -2.11. The van der Waals surface area contributed by atoms with Crippen LogP contribution in [0.25, 0.3) is 0 Å². The molecule has 0 atom stereocenters. The molecular weight excluding hydrogens is 280 g/mol. The molecule has 0 aliphatic heterocycles. The topological polar surface area (TPSA) is 89.1 Å². The van der Waals surface area contributed by atoms with E-state index in [4.69, 9.17) is 5.11 Å². The second-order valence-corrected chi connectivity index (χ2v) is 6.53. The van der Waals surface area contributed by atoms with Crippen molar-refractivity contribution in [2.75, 3.05) is 4.72 Å². The Morgan fingerprint density at radius 2 is 2.10 bits per heavy atom. The molecule has 2 aromatic heterocycles. The molecule has 8 heteroatoms. The van der Waals surface area contributed by atoms with Gasteiger partial charge in [-0.25, -0.2) is 8.42 Å². The Balaban J connectivity index is 2.25. The van der Waals surface area contributed by atoms with Gasteiger partial charge in [-0.1, -0.05) is 0 Å². The summed E-state index contributed by atoms with van der Waals surface area (Å²) >= 11 is 0. The molecule has 0 fully saturated rings. The number of rotatable bonds is 5. The van der Waals surface area contributed by atoms with E-state index in [1.165, 1.54) is 18.5 Å². The van der Waals surface area contributed by atoms with Gasteiger partial charge in [-0.15, -0.1) is 0 Å². The van der Waals surface area contributed by atoms with E-state index < -0.39 is 10.0 Å². The molecule has 2 aromatic rings. The first kappa shape index (κ1) is 14.6. The van der Waals surface area contributed by atoms with Crippen LogP contribution in [0.1, 0.15) is 25.6 Å². The number of anilines is 1. The Kier molecular flexibility index (Phi) is 3.87. The number of aryl methyl sites for hydroxylation is 1. The van der Waals surface area contributed by atoms with Crippen molar-refractivity contribution in [3.63, 3.8) is 0 Å². The van der Waals surface area contributed by atoms with Crippen molar-refractivity contribution in [2.45, 2.75) is 31.4 Å². The van der Waals surface area contributed by atoms with E-state index >= 15 is 0 Å². The fourth-order valence-corrected chi connectivity index (χ4v) is 2.89. The van der Waals surface area contributed by atoms with Crippen molar-refractivity contribution in [1.82, 2.24) is 14.3 Å². The highest BCUT2D eigenvalue weighted by atomic mass is 32.2. The molecule has 0 amide bonds. The molecule has 0 aliphatic rings. The molecular formula is C12H18N4O3S. The van der Waals surface area contributed by atoms with Crippen LogP contribution in [0.3, 0.4) is 0 Å². The molecule has 20 heavy (non-hydrogen) atoms. The van der Waals surface area contributed by atoms with Crippen LogP contribution in [0, 0.1) is 0 Å². The number of aromatic nitrogens is 3. The van der Waals surface area contributed by atoms with Crippen molar-refractivity contribution in [3.05, 3.63) is 30.4 Å². The van der Waals surface area contributed by atoms with Crippen LogP contribution in [0.2, 0.25) is 0 Å². The second-order valence-electron chi connectivity index (χ2n) is 4.84. The number of hydrogen-bond acceptors (Lipinski definition) is 4. The zero-order valence-electron chi connectivity index (χ0n) is 11.6. The molecule has 110 valence electrons. The summed E-state index contributed by atoms with van der Waals surface area (Å²) in [5, 5.41) is 13.2. The number of aliphatic hydroxyl groups excluding tert-OH is 1. The third-order valence-corrected chi connectivity index (χ3v) is 4.29. The minimum atomic E-state index is -3.67. The number of nitrogens with zero attached hydrogens (tertiary/aromatic N) is 3. The molecule has 2 N–H and O–H groups in total. The van der Waals surface area contributed by atoms with Crippen LogP contribution in [0.15, 0.2) is 29.6 Å². The third kappa shape index (κ3) is 2.86. The average molecular weight is 298 g/mol. The Morgan fingerprint density at radius 1 is 1.40 bits per heavy atom. The van der Waals surface area contributed by atoms with E-state index in [2.05, 4.69) is 9.82 Å². The summed E-state index contributed by atoms with van der Waals surface area (Å²) in [4.78, 5) is 0.112. The highest BCUT2D eigenvalue weighted by Gasteiger charge is 2.18. The van der Waals surface area contributed by atoms with Gasteiger partial charge in [0.15, 0.2) is 0 Å². The molecule has 2 rings (SSSR count). The third-order valence-electron chi connectivity index (χ3n) is 2.94. The maximum Gasteiger partial charge on any atom is 0.263 e. The summed E-state index contributed by atoms with van der Waals surface area (Å²) in [6.07, 6.45) is 4.56. The Bertz CT molecular complexity index is 700. The summed E-state index contributed by atoms with van der Waals surface area (Å²) in [6, 6.07) is 1.60.